The van der Waals surface area contributed by atoms with Gasteiger partial charge in [-0.25, -0.2) is 9.97 Å². The Bertz CT molecular complexity index is 453. The Morgan fingerprint density at radius 2 is 2.13 bits per heavy atom. The van der Waals surface area contributed by atoms with Crippen molar-refractivity contribution >= 4 is 28.3 Å². The standard InChI is InChI=1S/C11H12ClN3/c1-8(6-12)15-11-9-4-2-3-5-10(9)13-7-14-11/h2-5,7-8H,6H2,1H3,(H,13,14,15). The number of aromatic nitrogens is 2. The molecule has 1 atom stereocenters. The van der Waals surface area contributed by atoms with Crippen LogP contribution in [0.15, 0.2) is 30.6 Å². The quantitative estimate of drug-likeness (QED) is 0.810. The lowest BCUT2D eigenvalue weighted by molar-refractivity contribution is 0.898. The smallest absolute Gasteiger partial charge is 0.137 e. The first kappa shape index (κ1) is 10.2. The molecule has 0 amide bonds. The Balaban J connectivity index is 2.42. The zero-order chi connectivity index (χ0) is 10.7. The summed E-state index contributed by atoms with van der Waals surface area (Å²) in [7, 11) is 0. The highest BCUT2D eigenvalue weighted by Crippen LogP contribution is 2.18. The second-order valence-corrected chi connectivity index (χ2v) is 3.75. The van der Waals surface area contributed by atoms with Crippen LogP contribution in [0.5, 0.6) is 0 Å². The molecular formula is C11H12ClN3. The van der Waals surface area contributed by atoms with E-state index in [0.29, 0.717) is 5.88 Å². The van der Waals surface area contributed by atoms with E-state index >= 15 is 0 Å². The average Bonchev–Trinajstić information content (AvgIpc) is 2.29. The maximum Gasteiger partial charge on any atom is 0.137 e. The molecule has 0 aliphatic heterocycles. The molecule has 0 saturated heterocycles. The van der Waals surface area contributed by atoms with Crippen LogP contribution in [0.4, 0.5) is 5.82 Å². The summed E-state index contributed by atoms with van der Waals surface area (Å²) >= 11 is 5.75. The summed E-state index contributed by atoms with van der Waals surface area (Å²) in [5, 5.41) is 4.28. The van der Waals surface area contributed by atoms with Crippen molar-refractivity contribution in [2.24, 2.45) is 0 Å². The number of benzene rings is 1. The summed E-state index contributed by atoms with van der Waals surface area (Å²) < 4.78 is 0. The third-order valence-corrected chi connectivity index (χ3v) is 2.62. The molecule has 0 spiro atoms. The summed E-state index contributed by atoms with van der Waals surface area (Å²) in [6.07, 6.45) is 1.56. The van der Waals surface area contributed by atoms with Crippen molar-refractivity contribution in [3.8, 4) is 0 Å². The number of rotatable bonds is 3. The van der Waals surface area contributed by atoms with Crippen molar-refractivity contribution in [3.05, 3.63) is 30.6 Å². The number of anilines is 1. The molecule has 1 unspecified atom stereocenters. The van der Waals surface area contributed by atoms with Crippen molar-refractivity contribution in [1.29, 1.82) is 0 Å². The second kappa shape index (κ2) is 4.45. The summed E-state index contributed by atoms with van der Waals surface area (Å²) in [4.78, 5) is 8.40. The van der Waals surface area contributed by atoms with Gasteiger partial charge in [-0.3, -0.25) is 0 Å². The monoisotopic (exact) mass is 221 g/mol. The lowest BCUT2D eigenvalue weighted by Gasteiger charge is -2.12. The van der Waals surface area contributed by atoms with E-state index in [0.717, 1.165) is 16.7 Å². The van der Waals surface area contributed by atoms with Crippen LogP contribution >= 0.6 is 11.6 Å². The molecule has 1 aromatic heterocycles. The fourth-order valence-electron chi connectivity index (χ4n) is 1.39. The molecular weight excluding hydrogens is 210 g/mol. The Morgan fingerprint density at radius 3 is 2.93 bits per heavy atom. The van der Waals surface area contributed by atoms with Gasteiger partial charge < -0.3 is 5.32 Å². The molecule has 0 saturated carbocycles. The molecule has 0 aliphatic carbocycles. The maximum absolute atomic E-state index is 5.75. The normalized spacial score (nSPS) is 12.7. The number of nitrogens with zero attached hydrogens (tertiary/aromatic N) is 2. The third kappa shape index (κ3) is 2.18. The van der Waals surface area contributed by atoms with E-state index < -0.39 is 0 Å². The molecule has 4 heteroatoms. The first-order valence-electron chi connectivity index (χ1n) is 4.83. The van der Waals surface area contributed by atoms with E-state index in [4.69, 9.17) is 11.6 Å². The van der Waals surface area contributed by atoms with Crippen molar-refractivity contribution in [2.45, 2.75) is 13.0 Å². The highest BCUT2D eigenvalue weighted by molar-refractivity contribution is 6.18. The van der Waals surface area contributed by atoms with Crippen LogP contribution in [-0.2, 0) is 0 Å². The largest absolute Gasteiger partial charge is 0.366 e. The van der Waals surface area contributed by atoms with Crippen LogP contribution in [-0.4, -0.2) is 21.9 Å². The fourth-order valence-corrected chi connectivity index (χ4v) is 1.47. The van der Waals surface area contributed by atoms with Crippen LogP contribution < -0.4 is 5.32 Å². The first-order valence-corrected chi connectivity index (χ1v) is 5.37. The first-order chi connectivity index (χ1) is 7.31. The minimum Gasteiger partial charge on any atom is -0.366 e. The Labute approximate surface area is 93.5 Å². The molecule has 2 aromatic rings. The van der Waals surface area contributed by atoms with E-state index in [1.807, 2.05) is 31.2 Å². The lowest BCUT2D eigenvalue weighted by atomic mass is 10.2. The van der Waals surface area contributed by atoms with E-state index in [1.54, 1.807) is 6.33 Å². The van der Waals surface area contributed by atoms with Gasteiger partial charge in [0.1, 0.15) is 12.1 Å². The molecule has 0 aliphatic rings. The van der Waals surface area contributed by atoms with Crippen LogP contribution in [0.1, 0.15) is 6.92 Å². The fraction of sp³-hybridized carbons (Fsp3) is 0.273. The Hall–Kier alpha value is -1.35. The molecule has 1 heterocycles. The molecule has 78 valence electrons. The molecule has 1 aromatic carbocycles. The van der Waals surface area contributed by atoms with E-state index in [9.17, 15) is 0 Å². The molecule has 0 bridgehead atoms. The predicted octanol–water partition coefficient (Wildman–Crippen LogP) is 2.67. The molecule has 2 rings (SSSR count). The molecule has 1 N–H and O–H groups in total. The molecule has 15 heavy (non-hydrogen) atoms. The number of hydrogen-bond acceptors (Lipinski definition) is 3. The number of alkyl halides is 1. The second-order valence-electron chi connectivity index (χ2n) is 3.44. The van der Waals surface area contributed by atoms with Crippen LogP contribution in [0.3, 0.4) is 0 Å². The van der Waals surface area contributed by atoms with Gasteiger partial charge in [0.05, 0.1) is 5.52 Å². The summed E-state index contributed by atoms with van der Waals surface area (Å²) in [5.41, 5.74) is 0.941. The van der Waals surface area contributed by atoms with Gasteiger partial charge in [-0.2, -0.15) is 0 Å². The van der Waals surface area contributed by atoms with Gasteiger partial charge in [0.2, 0.25) is 0 Å². The van der Waals surface area contributed by atoms with Gasteiger partial charge in [0.25, 0.3) is 0 Å². The van der Waals surface area contributed by atoms with Crippen LogP contribution in [0.25, 0.3) is 10.9 Å². The summed E-state index contributed by atoms with van der Waals surface area (Å²) in [6.45, 7) is 2.02. The molecule has 0 fully saturated rings. The van der Waals surface area contributed by atoms with Crippen molar-refractivity contribution in [1.82, 2.24) is 9.97 Å². The van der Waals surface area contributed by atoms with E-state index in [1.165, 1.54) is 0 Å². The number of para-hydroxylation sites is 1. The number of halogens is 1. The minimum absolute atomic E-state index is 0.199. The Morgan fingerprint density at radius 1 is 1.33 bits per heavy atom. The highest BCUT2D eigenvalue weighted by Gasteiger charge is 2.05. The SMILES string of the molecule is CC(CCl)Nc1ncnc2ccccc12. The van der Waals surface area contributed by atoms with Gasteiger partial charge in [0.15, 0.2) is 0 Å². The van der Waals surface area contributed by atoms with Gasteiger partial charge in [-0.05, 0) is 19.1 Å². The molecule has 3 nitrogen and oxygen atoms in total. The van der Waals surface area contributed by atoms with E-state index in [-0.39, 0.29) is 6.04 Å². The maximum atomic E-state index is 5.75. The Kier molecular flexibility index (Phi) is 3.02. The zero-order valence-corrected chi connectivity index (χ0v) is 9.20. The minimum atomic E-state index is 0.199. The van der Waals surface area contributed by atoms with Gasteiger partial charge >= 0.3 is 0 Å². The topological polar surface area (TPSA) is 37.8 Å². The van der Waals surface area contributed by atoms with Gasteiger partial charge in [-0.1, -0.05) is 12.1 Å². The van der Waals surface area contributed by atoms with Gasteiger partial charge in [0, 0.05) is 17.3 Å². The third-order valence-electron chi connectivity index (χ3n) is 2.16. The van der Waals surface area contributed by atoms with Crippen molar-refractivity contribution in [3.63, 3.8) is 0 Å². The average molecular weight is 222 g/mol. The van der Waals surface area contributed by atoms with Crippen molar-refractivity contribution < 1.29 is 0 Å². The summed E-state index contributed by atoms with van der Waals surface area (Å²) in [6, 6.07) is 8.10. The number of hydrogen-bond donors (Lipinski definition) is 1. The van der Waals surface area contributed by atoms with Crippen LogP contribution in [0, 0.1) is 0 Å². The number of nitrogens with one attached hydrogen (secondary N) is 1. The van der Waals surface area contributed by atoms with Gasteiger partial charge in [-0.15, -0.1) is 11.6 Å². The number of fused-ring (bicyclic) bond motifs is 1. The lowest BCUT2D eigenvalue weighted by Crippen LogP contribution is -2.17. The summed E-state index contributed by atoms with van der Waals surface area (Å²) in [5.74, 6) is 1.40. The highest BCUT2D eigenvalue weighted by atomic mass is 35.5. The zero-order valence-electron chi connectivity index (χ0n) is 8.44. The molecule has 0 radical (unpaired) electrons. The van der Waals surface area contributed by atoms with Crippen molar-refractivity contribution in [2.75, 3.05) is 11.2 Å². The van der Waals surface area contributed by atoms with E-state index in [2.05, 4.69) is 15.3 Å². The predicted molar refractivity (Wildman–Crippen MR) is 63.3 cm³/mol. The van der Waals surface area contributed by atoms with Crippen LogP contribution in [0.2, 0.25) is 0 Å².